The molecule has 1 aromatic heterocycles. The van der Waals surface area contributed by atoms with Gasteiger partial charge in [0, 0.05) is 39.6 Å². The first kappa shape index (κ1) is 24.5. The Labute approximate surface area is 193 Å². The first-order valence-corrected chi connectivity index (χ1v) is 9.96. The number of hydrogen-bond donors (Lipinski definition) is 2. The van der Waals surface area contributed by atoms with Crippen molar-refractivity contribution in [3.05, 3.63) is 47.4 Å². The van der Waals surface area contributed by atoms with Crippen molar-refractivity contribution in [1.82, 2.24) is 25.7 Å². The number of aromatic nitrogens is 2. The molecular formula is C20H30FIN6O2. The van der Waals surface area contributed by atoms with Crippen molar-refractivity contribution in [2.24, 2.45) is 4.99 Å². The lowest BCUT2D eigenvalue weighted by Gasteiger charge is -2.35. The van der Waals surface area contributed by atoms with E-state index in [-0.39, 0.29) is 35.8 Å². The summed E-state index contributed by atoms with van der Waals surface area (Å²) < 4.78 is 24.0. The van der Waals surface area contributed by atoms with Gasteiger partial charge in [0.15, 0.2) is 11.8 Å². The third-order valence-corrected chi connectivity index (χ3v) is 4.86. The summed E-state index contributed by atoms with van der Waals surface area (Å²) in [5, 5.41) is 10.5. The zero-order chi connectivity index (χ0) is 20.5. The van der Waals surface area contributed by atoms with Gasteiger partial charge in [0.05, 0.1) is 19.3 Å². The number of guanidine groups is 1. The van der Waals surface area contributed by atoms with Crippen molar-refractivity contribution in [1.29, 1.82) is 0 Å². The van der Waals surface area contributed by atoms with Crippen LogP contribution in [0.4, 0.5) is 4.39 Å². The molecule has 0 aliphatic carbocycles. The van der Waals surface area contributed by atoms with Gasteiger partial charge in [0.2, 0.25) is 5.89 Å². The van der Waals surface area contributed by atoms with Crippen LogP contribution in [0.2, 0.25) is 0 Å². The number of aliphatic imine (C=N–C) groups is 1. The SMILES string of the molecule is CN=C(NCCCc1nc(C)no1)NCC(c1ccc(F)cc1)N1CCOCC1.I. The van der Waals surface area contributed by atoms with Crippen LogP contribution in [0.3, 0.4) is 0 Å². The van der Waals surface area contributed by atoms with E-state index in [9.17, 15) is 4.39 Å². The summed E-state index contributed by atoms with van der Waals surface area (Å²) in [7, 11) is 1.75. The highest BCUT2D eigenvalue weighted by atomic mass is 127. The summed E-state index contributed by atoms with van der Waals surface area (Å²) in [6, 6.07) is 6.82. The van der Waals surface area contributed by atoms with Crippen LogP contribution in [-0.2, 0) is 11.2 Å². The Morgan fingerprint density at radius 1 is 1.23 bits per heavy atom. The van der Waals surface area contributed by atoms with E-state index in [4.69, 9.17) is 9.26 Å². The lowest BCUT2D eigenvalue weighted by molar-refractivity contribution is 0.0170. The van der Waals surface area contributed by atoms with E-state index in [2.05, 4.69) is 30.7 Å². The first-order chi connectivity index (χ1) is 14.2. The normalized spacial score (nSPS) is 16.0. The number of halogens is 2. The van der Waals surface area contributed by atoms with E-state index in [1.54, 1.807) is 7.05 Å². The molecule has 0 amide bonds. The molecule has 10 heteroatoms. The van der Waals surface area contributed by atoms with Crippen molar-refractivity contribution >= 4 is 29.9 Å². The highest BCUT2D eigenvalue weighted by Gasteiger charge is 2.23. The Morgan fingerprint density at radius 2 is 1.97 bits per heavy atom. The molecule has 1 aliphatic rings. The van der Waals surface area contributed by atoms with Gasteiger partial charge in [-0.15, -0.1) is 24.0 Å². The Hall–Kier alpha value is -1.79. The number of ether oxygens (including phenoxy) is 1. The van der Waals surface area contributed by atoms with E-state index in [1.165, 1.54) is 12.1 Å². The molecule has 1 fully saturated rings. The molecule has 0 bridgehead atoms. The van der Waals surface area contributed by atoms with Crippen LogP contribution in [0.15, 0.2) is 33.8 Å². The van der Waals surface area contributed by atoms with Gasteiger partial charge in [-0.2, -0.15) is 4.98 Å². The van der Waals surface area contributed by atoms with Crippen LogP contribution in [0, 0.1) is 12.7 Å². The molecule has 1 atom stereocenters. The first-order valence-electron chi connectivity index (χ1n) is 9.96. The van der Waals surface area contributed by atoms with Crippen molar-refractivity contribution in [3.8, 4) is 0 Å². The van der Waals surface area contributed by atoms with E-state index < -0.39 is 0 Å². The third kappa shape index (κ3) is 7.47. The Balaban J connectivity index is 0.00000320. The van der Waals surface area contributed by atoms with Gasteiger partial charge in [-0.25, -0.2) is 4.39 Å². The molecule has 3 rings (SSSR count). The van der Waals surface area contributed by atoms with E-state index >= 15 is 0 Å². The monoisotopic (exact) mass is 532 g/mol. The third-order valence-electron chi connectivity index (χ3n) is 4.86. The molecule has 1 unspecified atom stereocenters. The maximum atomic E-state index is 13.4. The van der Waals surface area contributed by atoms with Gasteiger partial charge in [-0.3, -0.25) is 9.89 Å². The number of aryl methyl sites for hydroxylation is 2. The molecule has 0 radical (unpaired) electrons. The summed E-state index contributed by atoms with van der Waals surface area (Å²) in [4.78, 5) is 10.9. The topological polar surface area (TPSA) is 87.8 Å². The molecule has 1 saturated heterocycles. The Bertz CT molecular complexity index is 780. The average Bonchev–Trinajstić information content (AvgIpc) is 3.16. The number of morpholine rings is 1. The highest BCUT2D eigenvalue weighted by Crippen LogP contribution is 2.21. The predicted molar refractivity (Wildman–Crippen MR) is 124 cm³/mol. The van der Waals surface area contributed by atoms with Crippen molar-refractivity contribution < 1.29 is 13.7 Å². The summed E-state index contributed by atoms with van der Waals surface area (Å²) >= 11 is 0. The molecule has 2 N–H and O–H groups in total. The molecule has 2 aromatic rings. The number of hydrogen-bond acceptors (Lipinski definition) is 6. The lowest BCUT2D eigenvalue weighted by Crippen LogP contribution is -2.46. The quantitative estimate of drug-likeness (QED) is 0.234. The molecule has 1 aliphatic heterocycles. The van der Waals surface area contributed by atoms with E-state index in [0.29, 0.717) is 31.5 Å². The highest BCUT2D eigenvalue weighted by molar-refractivity contribution is 14.0. The fourth-order valence-electron chi connectivity index (χ4n) is 3.33. The zero-order valence-electron chi connectivity index (χ0n) is 17.4. The predicted octanol–water partition coefficient (Wildman–Crippen LogP) is 2.31. The standard InChI is InChI=1S/C20H29FN6O2.HI/c1-15-25-19(29-26-15)4-3-9-23-20(22-2)24-14-18(27-10-12-28-13-11-27)16-5-7-17(21)8-6-16;/h5-8,18H,3-4,9-14H2,1-2H3,(H2,22,23,24);1H. The van der Waals surface area contributed by atoms with Crippen LogP contribution < -0.4 is 10.6 Å². The molecule has 30 heavy (non-hydrogen) atoms. The number of rotatable bonds is 8. The van der Waals surface area contributed by atoms with Crippen LogP contribution in [0.25, 0.3) is 0 Å². The second-order valence-corrected chi connectivity index (χ2v) is 6.93. The van der Waals surface area contributed by atoms with Gasteiger partial charge in [-0.05, 0) is 31.0 Å². The van der Waals surface area contributed by atoms with Crippen molar-refractivity contribution in [3.63, 3.8) is 0 Å². The van der Waals surface area contributed by atoms with Gasteiger partial charge in [0.1, 0.15) is 5.82 Å². The summed E-state index contributed by atoms with van der Waals surface area (Å²) in [5.41, 5.74) is 1.07. The molecule has 1 aromatic carbocycles. The van der Waals surface area contributed by atoms with E-state index in [1.807, 2.05) is 19.1 Å². The molecule has 166 valence electrons. The molecule has 0 saturated carbocycles. The number of nitrogens with zero attached hydrogens (tertiary/aromatic N) is 4. The zero-order valence-corrected chi connectivity index (χ0v) is 19.8. The second kappa shape index (κ2) is 12.8. The maximum absolute atomic E-state index is 13.4. The minimum Gasteiger partial charge on any atom is -0.379 e. The minimum atomic E-state index is -0.226. The molecular weight excluding hydrogens is 502 g/mol. The fourth-order valence-corrected chi connectivity index (χ4v) is 3.33. The maximum Gasteiger partial charge on any atom is 0.226 e. The molecule has 0 spiro atoms. The largest absolute Gasteiger partial charge is 0.379 e. The number of benzene rings is 1. The van der Waals surface area contributed by atoms with Crippen molar-refractivity contribution in [2.45, 2.75) is 25.8 Å². The summed E-state index contributed by atoms with van der Waals surface area (Å²) in [5.74, 6) is 1.81. The molecule has 8 nitrogen and oxygen atoms in total. The Kier molecular flexibility index (Phi) is 10.4. The van der Waals surface area contributed by atoms with Crippen LogP contribution in [0.5, 0.6) is 0 Å². The molecule has 2 heterocycles. The van der Waals surface area contributed by atoms with E-state index in [0.717, 1.165) is 44.0 Å². The second-order valence-electron chi connectivity index (χ2n) is 6.93. The summed E-state index contributed by atoms with van der Waals surface area (Å²) in [6.07, 6.45) is 1.57. The number of nitrogens with one attached hydrogen (secondary N) is 2. The van der Waals surface area contributed by atoms with Gasteiger partial charge < -0.3 is 19.9 Å². The Morgan fingerprint density at radius 3 is 2.60 bits per heavy atom. The lowest BCUT2D eigenvalue weighted by atomic mass is 10.0. The fraction of sp³-hybridized carbons (Fsp3) is 0.550. The van der Waals surface area contributed by atoms with Gasteiger partial charge in [0.25, 0.3) is 0 Å². The summed E-state index contributed by atoms with van der Waals surface area (Å²) in [6.45, 7) is 6.31. The van der Waals surface area contributed by atoms with Crippen LogP contribution >= 0.6 is 24.0 Å². The van der Waals surface area contributed by atoms with Gasteiger partial charge >= 0.3 is 0 Å². The minimum absolute atomic E-state index is 0. The smallest absolute Gasteiger partial charge is 0.226 e. The van der Waals surface area contributed by atoms with Crippen LogP contribution in [0.1, 0.15) is 29.7 Å². The average molecular weight is 532 g/mol. The van der Waals surface area contributed by atoms with Crippen LogP contribution in [-0.4, -0.2) is 67.4 Å². The van der Waals surface area contributed by atoms with Gasteiger partial charge in [-0.1, -0.05) is 17.3 Å². The van der Waals surface area contributed by atoms with Crippen molar-refractivity contribution in [2.75, 3.05) is 46.4 Å².